The van der Waals surface area contributed by atoms with Gasteiger partial charge in [0.2, 0.25) is 0 Å². The lowest BCUT2D eigenvalue weighted by Crippen LogP contribution is -2.39. The number of rotatable bonds is 2. The minimum Gasteiger partial charge on any atom is -0.327 e. The molecule has 1 aliphatic heterocycles. The second-order valence-electron chi connectivity index (χ2n) is 5.81. The first kappa shape index (κ1) is 16.6. The number of hydrogen-bond acceptors (Lipinski definition) is 4. The lowest BCUT2D eigenvalue weighted by atomic mass is 10.0. The SMILES string of the molecule is Cn1ncc(C#N)c1NC(=O)C(=O)N1CCCC1c1cccc(F)c1. The van der Waals surface area contributed by atoms with Gasteiger partial charge in [-0.25, -0.2) is 4.39 Å². The van der Waals surface area contributed by atoms with Crippen LogP contribution in [0.25, 0.3) is 0 Å². The average molecular weight is 341 g/mol. The van der Waals surface area contributed by atoms with Crippen LogP contribution in [0.15, 0.2) is 30.5 Å². The van der Waals surface area contributed by atoms with Crippen molar-refractivity contribution < 1.29 is 14.0 Å². The van der Waals surface area contributed by atoms with Crippen LogP contribution in [0.1, 0.15) is 30.0 Å². The number of hydrogen-bond donors (Lipinski definition) is 1. The number of benzene rings is 1. The van der Waals surface area contributed by atoms with E-state index >= 15 is 0 Å². The number of carbonyl (C=O) groups is 2. The van der Waals surface area contributed by atoms with Gasteiger partial charge >= 0.3 is 11.8 Å². The number of aromatic nitrogens is 2. The Hall–Kier alpha value is -3.21. The van der Waals surface area contributed by atoms with Crippen LogP contribution in [-0.4, -0.2) is 33.0 Å². The third-order valence-corrected chi connectivity index (χ3v) is 4.23. The molecule has 1 fully saturated rings. The highest BCUT2D eigenvalue weighted by atomic mass is 19.1. The topological polar surface area (TPSA) is 91.0 Å². The quantitative estimate of drug-likeness (QED) is 0.842. The van der Waals surface area contributed by atoms with Crippen molar-refractivity contribution in [1.82, 2.24) is 14.7 Å². The summed E-state index contributed by atoms with van der Waals surface area (Å²) in [7, 11) is 1.56. The molecule has 2 heterocycles. The maximum Gasteiger partial charge on any atom is 0.315 e. The van der Waals surface area contributed by atoms with Crippen molar-refractivity contribution in [3.05, 3.63) is 47.4 Å². The molecule has 0 spiro atoms. The maximum absolute atomic E-state index is 13.5. The summed E-state index contributed by atoms with van der Waals surface area (Å²) in [6.45, 7) is 0.421. The van der Waals surface area contributed by atoms with E-state index in [-0.39, 0.29) is 23.2 Å². The summed E-state index contributed by atoms with van der Waals surface area (Å²) in [5.41, 5.74) is 0.837. The molecule has 1 aromatic carbocycles. The van der Waals surface area contributed by atoms with Crippen LogP contribution in [0, 0.1) is 17.1 Å². The van der Waals surface area contributed by atoms with E-state index in [0.717, 1.165) is 6.42 Å². The monoisotopic (exact) mass is 341 g/mol. The summed E-state index contributed by atoms with van der Waals surface area (Å²) in [6.07, 6.45) is 2.71. The van der Waals surface area contributed by atoms with Crippen LogP contribution in [0.5, 0.6) is 0 Å². The van der Waals surface area contributed by atoms with E-state index in [1.165, 1.54) is 27.9 Å². The number of nitriles is 1. The van der Waals surface area contributed by atoms with Gasteiger partial charge in [-0.05, 0) is 30.5 Å². The Bertz CT molecular complexity index is 870. The van der Waals surface area contributed by atoms with Gasteiger partial charge in [-0.1, -0.05) is 12.1 Å². The van der Waals surface area contributed by atoms with Gasteiger partial charge in [-0.2, -0.15) is 10.4 Å². The lowest BCUT2D eigenvalue weighted by Gasteiger charge is -2.24. The summed E-state index contributed by atoms with van der Waals surface area (Å²) < 4.78 is 14.8. The first-order valence-corrected chi connectivity index (χ1v) is 7.80. The number of amides is 2. The third kappa shape index (κ3) is 3.21. The number of carbonyl (C=O) groups excluding carboxylic acids is 2. The summed E-state index contributed by atoms with van der Waals surface area (Å²) in [6, 6.07) is 7.61. The molecule has 25 heavy (non-hydrogen) atoms. The van der Waals surface area contributed by atoms with Crippen molar-refractivity contribution in [2.24, 2.45) is 7.05 Å². The highest BCUT2D eigenvalue weighted by Gasteiger charge is 2.34. The molecule has 1 aromatic heterocycles. The average Bonchev–Trinajstić information content (AvgIpc) is 3.22. The van der Waals surface area contributed by atoms with Crippen molar-refractivity contribution in [2.75, 3.05) is 11.9 Å². The molecule has 2 aromatic rings. The number of likely N-dealkylation sites (tertiary alicyclic amines) is 1. The summed E-state index contributed by atoms with van der Waals surface area (Å²) in [4.78, 5) is 26.3. The fourth-order valence-electron chi connectivity index (χ4n) is 3.03. The predicted molar refractivity (Wildman–Crippen MR) is 86.6 cm³/mol. The van der Waals surface area contributed by atoms with Gasteiger partial charge in [0.05, 0.1) is 12.2 Å². The van der Waals surface area contributed by atoms with Gasteiger partial charge < -0.3 is 10.2 Å². The normalized spacial score (nSPS) is 16.5. The molecular weight excluding hydrogens is 325 g/mol. The van der Waals surface area contributed by atoms with Gasteiger partial charge in [-0.3, -0.25) is 14.3 Å². The van der Waals surface area contributed by atoms with E-state index in [2.05, 4.69) is 10.4 Å². The zero-order chi connectivity index (χ0) is 18.0. The zero-order valence-corrected chi connectivity index (χ0v) is 13.6. The molecule has 1 saturated heterocycles. The highest BCUT2D eigenvalue weighted by molar-refractivity contribution is 6.39. The van der Waals surface area contributed by atoms with E-state index < -0.39 is 11.8 Å². The highest BCUT2D eigenvalue weighted by Crippen LogP contribution is 2.32. The minimum absolute atomic E-state index is 0.169. The molecule has 1 unspecified atom stereocenters. The van der Waals surface area contributed by atoms with E-state index in [4.69, 9.17) is 5.26 Å². The van der Waals surface area contributed by atoms with Crippen LogP contribution in [0.2, 0.25) is 0 Å². The Labute approximate surface area is 143 Å². The molecule has 0 aliphatic carbocycles. The standard InChI is InChI=1S/C17H16FN5O2/c1-22-15(12(9-19)10-20-22)21-16(24)17(25)23-7-3-6-14(23)11-4-2-5-13(18)8-11/h2,4-5,8,10,14H,3,6-7H2,1H3,(H,21,24). The van der Waals surface area contributed by atoms with Gasteiger partial charge in [0.15, 0.2) is 0 Å². The Morgan fingerprint density at radius 1 is 1.44 bits per heavy atom. The van der Waals surface area contributed by atoms with Crippen molar-refractivity contribution >= 4 is 17.6 Å². The van der Waals surface area contributed by atoms with Crippen LogP contribution in [0.3, 0.4) is 0 Å². The van der Waals surface area contributed by atoms with Gasteiger partial charge in [-0.15, -0.1) is 0 Å². The van der Waals surface area contributed by atoms with Crippen molar-refractivity contribution in [2.45, 2.75) is 18.9 Å². The molecular formula is C17H16FN5O2. The smallest absolute Gasteiger partial charge is 0.315 e. The molecule has 1 aliphatic rings. The molecule has 0 bridgehead atoms. The fraction of sp³-hybridized carbons (Fsp3) is 0.294. The Kier molecular flexibility index (Phi) is 4.48. The van der Waals surface area contributed by atoms with E-state index in [0.29, 0.717) is 18.5 Å². The van der Waals surface area contributed by atoms with E-state index in [9.17, 15) is 14.0 Å². The van der Waals surface area contributed by atoms with Gasteiger partial charge in [0.1, 0.15) is 23.3 Å². The molecule has 1 N–H and O–H groups in total. The molecule has 2 amide bonds. The van der Waals surface area contributed by atoms with Crippen molar-refractivity contribution in [3.8, 4) is 6.07 Å². The fourth-order valence-corrected chi connectivity index (χ4v) is 3.03. The summed E-state index contributed by atoms with van der Waals surface area (Å²) in [5.74, 6) is -1.77. The second-order valence-corrected chi connectivity index (χ2v) is 5.81. The van der Waals surface area contributed by atoms with Crippen LogP contribution in [-0.2, 0) is 16.6 Å². The molecule has 7 nitrogen and oxygen atoms in total. The second kappa shape index (κ2) is 6.73. The van der Waals surface area contributed by atoms with Crippen molar-refractivity contribution in [1.29, 1.82) is 5.26 Å². The van der Waals surface area contributed by atoms with Crippen LogP contribution in [0.4, 0.5) is 10.2 Å². The van der Waals surface area contributed by atoms with E-state index in [1.807, 2.05) is 6.07 Å². The summed E-state index contributed by atoms with van der Waals surface area (Å²) in [5, 5.41) is 15.4. The molecule has 0 saturated carbocycles. The Morgan fingerprint density at radius 2 is 2.24 bits per heavy atom. The van der Waals surface area contributed by atoms with Crippen LogP contribution >= 0.6 is 0 Å². The largest absolute Gasteiger partial charge is 0.327 e. The lowest BCUT2D eigenvalue weighted by molar-refractivity contribution is -0.143. The number of aryl methyl sites for hydroxylation is 1. The van der Waals surface area contributed by atoms with Crippen LogP contribution < -0.4 is 5.32 Å². The van der Waals surface area contributed by atoms with E-state index in [1.54, 1.807) is 19.2 Å². The molecule has 128 valence electrons. The summed E-state index contributed by atoms with van der Waals surface area (Å²) >= 11 is 0. The third-order valence-electron chi connectivity index (χ3n) is 4.23. The minimum atomic E-state index is -0.844. The molecule has 8 heteroatoms. The molecule has 1 atom stereocenters. The Morgan fingerprint density at radius 3 is 2.96 bits per heavy atom. The number of nitrogens with zero attached hydrogens (tertiary/aromatic N) is 4. The predicted octanol–water partition coefficient (Wildman–Crippen LogP) is 1.73. The zero-order valence-electron chi connectivity index (χ0n) is 13.6. The Balaban J connectivity index is 1.78. The number of halogens is 1. The maximum atomic E-state index is 13.5. The number of anilines is 1. The number of nitrogens with one attached hydrogen (secondary N) is 1. The molecule has 3 rings (SSSR count). The van der Waals surface area contributed by atoms with Crippen molar-refractivity contribution in [3.63, 3.8) is 0 Å². The van der Waals surface area contributed by atoms with Gasteiger partial charge in [0, 0.05) is 13.6 Å². The first-order valence-electron chi connectivity index (χ1n) is 7.80. The van der Waals surface area contributed by atoms with Gasteiger partial charge in [0.25, 0.3) is 0 Å². The molecule has 0 radical (unpaired) electrons. The first-order chi connectivity index (χ1) is 12.0.